The van der Waals surface area contributed by atoms with E-state index in [0.717, 1.165) is 40.3 Å². The van der Waals surface area contributed by atoms with E-state index in [-0.39, 0.29) is 0 Å². The molecule has 0 saturated heterocycles. The van der Waals surface area contributed by atoms with Crippen molar-refractivity contribution in [1.29, 1.82) is 0 Å². The Morgan fingerprint density at radius 2 is 2.15 bits per heavy atom. The summed E-state index contributed by atoms with van der Waals surface area (Å²) >= 11 is 0. The number of rotatable bonds is 0. The summed E-state index contributed by atoms with van der Waals surface area (Å²) in [4.78, 5) is 4.47. The average Bonchev–Trinajstić information content (AvgIpc) is 2.45. The zero-order valence-electron chi connectivity index (χ0n) is 8.29. The van der Waals surface area contributed by atoms with Crippen molar-refractivity contribution in [3.8, 4) is 0 Å². The van der Waals surface area contributed by atoms with E-state index in [2.05, 4.69) is 11.9 Å². The minimum absolute atomic E-state index is 0.453. The smallest absolute Gasteiger partial charge is 0.214 e. The van der Waals surface area contributed by atoms with Crippen LogP contribution in [0.4, 0.5) is 0 Å². The second-order valence-corrected chi connectivity index (χ2v) is 3.85. The van der Waals surface area contributed by atoms with Gasteiger partial charge in [-0.3, -0.25) is 0 Å². The van der Waals surface area contributed by atoms with Gasteiger partial charge in [-0.05, 0) is 13.3 Å². The van der Waals surface area contributed by atoms with Gasteiger partial charge in [0, 0.05) is 19.3 Å². The van der Waals surface area contributed by atoms with E-state index in [1.807, 2.05) is 13.8 Å². The van der Waals surface area contributed by atoms with Crippen LogP contribution in [0, 0.1) is 19.1 Å². The van der Waals surface area contributed by atoms with Crippen LogP contribution in [0.15, 0.2) is 0 Å². The molecule has 1 heterocycles. The van der Waals surface area contributed by atoms with E-state index >= 15 is 0 Å². The second kappa shape index (κ2) is 2.69. The molecule has 0 aromatic carbocycles. The predicted octanol–water partition coefficient (Wildman–Crippen LogP) is 1.38. The lowest BCUT2D eigenvalue weighted by atomic mass is 10.1. The molecule has 3 heteroatoms. The van der Waals surface area contributed by atoms with Gasteiger partial charge in [-0.15, -0.1) is 0 Å². The molecule has 2 rings (SSSR count). The molecule has 0 bridgehead atoms. The third-order valence-corrected chi connectivity index (χ3v) is 2.94. The maximum Gasteiger partial charge on any atom is 0.214 e. The van der Waals surface area contributed by atoms with Crippen LogP contribution in [0.2, 0.25) is 0 Å². The quantitative estimate of drug-likeness (QED) is 0.445. The summed E-state index contributed by atoms with van der Waals surface area (Å²) < 4.78 is 1.06. The molecule has 70 valence electrons. The van der Waals surface area contributed by atoms with Crippen LogP contribution in [0.3, 0.4) is 0 Å². The highest BCUT2D eigenvalue weighted by Gasteiger charge is 2.29. The Labute approximate surface area is 78.0 Å². The Morgan fingerprint density at radius 3 is 2.85 bits per heavy atom. The van der Waals surface area contributed by atoms with Crippen molar-refractivity contribution in [2.24, 2.45) is 0 Å². The molecule has 1 aromatic heterocycles. The van der Waals surface area contributed by atoms with Crippen molar-refractivity contribution in [2.75, 3.05) is 0 Å². The van der Waals surface area contributed by atoms with Gasteiger partial charge in [0.05, 0.1) is 0 Å². The lowest BCUT2D eigenvalue weighted by Crippen LogP contribution is -2.37. The summed E-state index contributed by atoms with van der Waals surface area (Å²) in [5.74, 6) is 0.453. The molecule has 0 aliphatic heterocycles. The largest absolute Gasteiger partial charge is 0.618 e. The van der Waals surface area contributed by atoms with Gasteiger partial charge in [-0.1, -0.05) is 6.92 Å². The average molecular weight is 178 g/mol. The first-order valence-corrected chi connectivity index (χ1v) is 4.70. The van der Waals surface area contributed by atoms with Crippen LogP contribution < -0.4 is 4.73 Å². The molecule has 1 atom stereocenters. The minimum Gasteiger partial charge on any atom is -0.618 e. The first-order valence-electron chi connectivity index (χ1n) is 4.70. The third kappa shape index (κ3) is 1.10. The van der Waals surface area contributed by atoms with Gasteiger partial charge in [0.2, 0.25) is 11.4 Å². The molecule has 0 saturated carbocycles. The molecule has 13 heavy (non-hydrogen) atoms. The maximum atomic E-state index is 11.7. The van der Waals surface area contributed by atoms with Crippen LogP contribution in [0.25, 0.3) is 0 Å². The number of fused-ring (bicyclic) bond motifs is 1. The molecular formula is C10H14N2O. The first-order chi connectivity index (χ1) is 6.11. The number of hydrogen-bond donors (Lipinski definition) is 0. The molecule has 0 amide bonds. The molecular weight excluding hydrogens is 164 g/mol. The van der Waals surface area contributed by atoms with Gasteiger partial charge in [-0.25, -0.2) is 4.98 Å². The Bertz CT molecular complexity index is 360. The molecule has 1 unspecified atom stereocenters. The summed E-state index contributed by atoms with van der Waals surface area (Å²) in [5.41, 5.74) is 3.50. The van der Waals surface area contributed by atoms with E-state index in [4.69, 9.17) is 0 Å². The summed E-state index contributed by atoms with van der Waals surface area (Å²) in [6.45, 7) is 5.86. The number of hydrogen-bond acceptors (Lipinski definition) is 2. The summed E-state index contributed by atoms with van der Waals surface area (Å²) in [7, 11) is 0. The fourth-order valence-electron chi connectivity index (χ4n) is 1.89. The molecule has 0 fully saturated rings. The summed E-state index contributed by atoms with van der Waals surface area (Å²) in [6, 6.07) is 0. The highest BCUT2D eigenvalue weighted by Crippen LogP contribution is 2.28. The van der Waals surface area contributed by atoms with E-state index in [1.54, 1.807) is 0 Å². The second-order valence-electron chi connectivity index (χ2n) is 3.85. The molecule has 1 aromatic rings. The zero-order valence-corrected chi connectivity index (χ0v) is 8.29. The van der Waals surface area contributed by atoms with Crippen molar-refractivity contribution >= 4 is 0 Å². The van der Waals surface area contributed by atoms with Crippen molar-refractivity contribution < 1.29 is 4.73 Å². The minimum atomic E-state index is 0.453. The monoisotopic (exact) mass is 178 g/mol. The molecule has 0 spiro atoms. The summed E-state index contributed by atoms with van der Waals surface area (Å²) in [5, 5.41) is 11.7. The fourth-order valence-corrected chi connectivity index (χ4v) is 1.89. The topological polar surface area (TPSA) is 39.8 Å². The zero-order chi connectivity index (χ0) is 9.59. The Balaban J connectivity index is 2.67. The Kier molecular flexibility index (Phi) is 1.75. The molecule has 3 nitrogen and oxygen atoms in total. The standard InChI is InChI=1S/C10H14N2O/c1-6-4-5-9-10(6)11-7(2)8(3)12(9)13/h6H,4-5H2,1-3H3. The van der Waals surface area contributed by atoms with E-state index in [0.29, 0.717) is 5.92 Å². The first kappa shape index (κ1) is 8.48. The van der Waals surface area contributed by atoms with Crippen molar-refractivity contribution in [3.63, 3.8) is 0 Å². The van der Waals surface area contributed by atoms with Crippen molar-refractivity contribution in [2.45, 2.75) is 39.5 Å². The van der Waals surface area contributed by atoms with Gasteiger partial charge >= 0.3 is 0 Å². The van der Waals surface area contributed by atoms with Gasteiger partial charge in [0.15, 0.2) is 0 Å². The Hall–Kier alpha value is -1.12. The molecule has 1 aliphatic rings. The third-order valence-electron chi connectivity index (χ3n) is 2.94. The fraction of sp³-hybridized carbons (Fsp3) is 0.600. The van der Waals surface area contributed by atoms with Crippen molar-refractivity contribution in [3.05, 3.63) is 28.0 Å². The van der Waals surface area contributed by atoms with Gasteiger partial charge < -0.3 is 5.21 Å². The van der Waals surface area contributed by atoms with E-state index in [9.17, 15) is 5.21 Å². The van der Waals surface area contributed by atoms with Crippen LogP contribution in [0.5, 0.6) is 0 Å². The van der Waals surface area contributed by atoms with Gasteiger partial charge in [0.1, 0.15) is 11.4 Å². The van der Waals surface area contributed by atoms with Gasteiger partial charge in [0.25, 0.3) is 0 Å². The van der Waals surface area contributed by atoms with E-state index < -0.39 is 0 Å². The predicted molar refractivity (Wildman–Crippen MR) is 49.4 cm³/mol. The highest BCUT2D eigenvalue weighted by molar-refractivity contribution is 5.21. The lowest BCUT2D eigenvalue weighted by Gasteiger charge is -2.08. The number of aryl methyl sites for hydroxylation is 1. The lowest BCUT2D eigenvalue weighted by molar-refractivity contribution is -0.621. The number of nitrogens with zero attached hydrogens (tertiary/aromatic N) is 2. The van der Waals surface area contributed by atoms with Crippen molar-refractivity contribution in [1.82, 2.24) is 4.98 Å². The SMILES string of the molecule is Cc1nc2c([n+]([O-])c1C)CCC2C. The van der Waals surface area contributed by atoms with E-state index in [1.165, 1.54) is 0 Å². The van der Waals surface area contributed by atoms with Crippen LogP contribution in [0.1, 0.15) is 42.0 Å². The maximum absolute atomic E-state index is 11.7. The van der Waals surface area contributed by atoms with Crippen LogP contribution >= 0.6 is 0 Å². The molecule has 0 radical (unpaired) electrons. The Morgan fingerprint density at radius 1 is 1.46 bits per heavy atom. The molecule has 0 N–H and O–H groups in total. The molecule has 1 aliphatic carbocycles. The normalized spacial score (nSPS) is 20.4. The summed E-state index contributed by atoms with van der Waals surface area (Å²) in [6.07, 6.45) is 1.95. The van der Waals surface area contributed by atoms with Gasteiger partial charge in [-0.2, -0.15) is 4.73 Å². The number of aromatic nitrogens is 2. The van der Waals surface area contributed by atoms with Crippen LogP contribution in [-0.2, 0) is 6.42 Å². The van der Waals surface area contributed by atoms with Crippen LogP contribution in [-0.4, -0.2) is 4.98 Å². The highest BCUT2D eigenvalue weighted by atomic mass is 16.5.